The lowest BCUT2D eigenvalue weighted by atomic mass is 10.1. The van der Waals surface area contributed by atoms with Crippen molar-refractivity contribution >= 4 is 64.5 Å². The fourth-order valence-corrected chi connectivity index (χ4v) is 9.36. The predicted octanol–water partition coefficient (Wildman–Crippen LogP) is 10.6. The molecule has 0 amide bonds. The van der Waals surface area contributed by atoms with Gasteiger partial charge in [0.1, 0.15) is 56.4 Å². The van der Waals surface area contributed by atoms with Gasteiger partial charge in [-0.3, -0.25) is 40.5 Å². The molecule has 0 saturated carbocycles. The molecule has 0 N–H and O–H groups in total. The van der Waals surface area contributed by atoms with E-state index in [1.165, 1.54) is 36.4 Å². The maximum absolute atomic E-state index is 13.9. The zero-order valence-corrected chi connectivity index (χ0v) is 35.4. The third-order valence-corrected chi connectivity index (χ3v) is 12.5. The van der Waals surface area contributed by atoms with E-state index >= 15 is 0 Å². The van der Waals surface area contributed by atoms with Crippen LogP contribution in [0.4, 0.5) is 22.7 Å². The summed E-state index contributed by atoms with van der Waals surface area (Å²) >= 11 is 0. The summed E-state index contributed by atoms with van der Waals surface area (Å²) in [5, 5.41) is 51.3. The summed E-state index contributed by atoms with van der Waals surface area (Å²) in [6, 6.07) is 29.7. The number of nitro benzene ring substituents is 4. The molecule has 68 heavy (non-hydrogen) atoms. The number of nitro groups is 4. The zero-order chi connectivity index (χ0) is 48.1. The summed E-state index contributed by atoms with van der Waals surface area (Å²) in [7, 11) is -9.49. The van der Waals surface area contributed by atoms with E-state index in [1.54, 1.807) is 48.5 Å². The number of nitrogens with zero attached hydrogens (tertiary/aromatic N) is 4. The van der Waals surface area contributed by atoms with Gasteiger partial charge in [-0.05, 0) is 22.9 Å². The summed E-state index contributed by atoms with van der Waals surface area (Å²) in [6.07, 6.45) is 0. The molecule has 0 spiro atoms. The molecular formula is C44H24N4O18S2. The minimum atomic E-state index is -4.74. The van der Waals surface area contributed by atoms with Crippen LogP contribution in [0.3, 0.4) is 0 Å². The van der Waals surface area contributed by atoms with E-state index in [2.05, 4.69) is 0 Å². The number of rotatable bonds is 10. The lowest BCUT2D eigenvalue weighted by Crippen LogP contribution is -2.10. The lowest BCUT2D eigenvalue weighted by molar-refractivity contribution is -0.395. The predicted molar refractivity (Wildman–Crippen MR) is 236 cm³/mol. The first-order valence-electron chi connectivity index (χ1n) is 19.2. The molecule has 0 unspecified atom stereocenters. The van der Waals surface area contributed by atoms with Gasteiger partial charge in [-0.15, -0.1) is 0 Å². The van der Waals surface area contributed by atoms with Crippen molar-refractivity contribution in [1.29, 1.82) is 0 Å². The van der Waals surface area contributed by atoms with E-state index in [0.717, 1.165) is 48.5 Å². The second kappa shape index (κ2) is 16.9. The normalized spacial score (nSPS) is 12.1. The molecule has 8 aromatic carbocycles. The van der Waals surface area contributed by atoms with Gasteiger partial charge in [0, 0.05) is 59.3 Å². The third-order valence-electron chi connectivity index (χ3n) is 9.94. The summed E-state index contributed by atoms with van der Waals surface area (Å²) in [4.78, 5) is 45.0. The van der Waals surface area contributed by atoms with Crippen molar-refractivity contribution in [1.82, 2.24) is 0 Å². The Morgan fingerprint density at radius 1 is 0.368 bits per heavy atom. The molecule has 8 aromatic rings. The molecular weight excluding hydrogens is 937 g/mol. The van der Waals surface area contributed by atoms with Crippen molar-refractivity contribution in [2.24, 2.45) is 0 Å². The topological polar surface area (TPSA) is 296 Å². The summed E-state index contributed by atoms with van der Waals surface area (Å²) in [5.74, 6) is -6.26. The second-order valence-electron chi connectivity index (χ2n) is 14.3. The Kier molecular flexibility index (Phi) is 10.9. The first kappa shape index (κ1) is 43.8. The molecule has 8 bridgehead atoms. The number of hydrogen-bond acceptors (Lipinski definition) is 18. The molecule has 22 nitrogen and oxygen atoms in total. The van der Waals surface area contributed by atoms with E-state index in [0.29, 0.717) is 22.9 Å². The van der Waals surface area contributed by atoms with Gasteiger partial charge in [-0.1, -0.05) is 72.8 Å². The van der Waals surface area contributed by atoms with Crippen LogP contribution in [0, 0.1) is 40.5 Å². The fraction of sp³-hybridized carbons (Fsp3) is 0. The van der Waals surface area contributed by atoms with Crippen molar-refractivity contribution in [2.75, 3.05) is 0 Å². The molecule has 9 rings (SSSR count). The SMILES string of the molecule is O=[N+]([O-])c1cc([N+](=O)[O-])c2cc1Oc1cc(cc(OS(=O)(=O)c3cccc4ccccc34)c1)Oc1cc(c([N+](=O)[O-])cc1[N+](=O)[O-])Oc1cc(cc(OS(=O)(=O)c3cccc4ccccc34)c1)O2. The largest absolute Gasteiger partial charge is 0.450 e. The standard InChI is InChI=1S/C44H24N4O18S2/c49-45(50)35-21-37(47(53)54)41-23-39(35)61-27-15-28(18-31(17-27)65-67(57,58)43-13-5-9-25-7-1-3-11-33(25)43)62-40-24-42(38(48(55)56)22-36(40)46(51)52)64-30-16-29(63-41)19-32(20-30)66-68(59,60)44-14-6-10-26-8-2-4-12-34(26)44/h1-24H. The van der Waals surface area contributed by atoms with Crippen LogP contribution in [0.1, 0.15) is 0 Å². The highest BCUT2D eigenvalue weighted by atomic mass is 32.2. The van der Waals surface area contributed by atoms with E-state index in [9.17, 15) is 57.3 Å². The summed E-state index contributed by atoms with van der Waals surface area (Å²) in [5.41, 5.74) is -4.05. The van der Waals surface area contributed by atoms with Gasteiger partial charge in [-0.2, -0.15) is 16.8 Å². The average Bonchev–Trinajstić information content (AvgIpc) is 3.27. The third kappa shape index (κ3) is 8.60. The van der Waals surface area contributed by atoms with E-state index < -0.39 is 120 Å². The molecule has 0 aromatic heterocycles. The number of fused-ring (bicyclic) bond motifs is 10. The van der Waals surface area contributed by atoms with Crippen molar-refractivity contribution in [3.05, 3.63) is 186 Å². The smallest absolute Gasteiger partial charge is 0.339 e. The average molecular weight is 961 g/mol. The highest BCUT2D eigenvalue weighted by Crippen LogP contribution is 2.48. The Hall–Kier alpha value is -9.42. The highest BCUT2D eigenvalue weighted by Gasteiger charge is 2.32. The van der Waals surface area contributed by atoms with Crippen molar-refractivity contribution in [2.45, 2.75) is 9.79 Å². The lowest BCUT2D eigenvalue weighted by Gasteiger charge is -2.16. The van der Waals surface area contributed by atoms with Crippen LogP contribution in [0.15, 0.2) is 155 Å². The summed E-state index contributed by atoms with van der Waals surface area (Å²) < 4.78 is 90.0. The molecule has 0 aliphatic carbocycles. The van der Waals surface area contributed by atoms with Gasteiger partial charge < -0.3 is 27.3 Å². The Balaban J connectivity index is 1.24. The number of benzene rings is 8. The van der Waals surface area contributed by atoms with Crippen molar-refractivity contribution < 1.29 is 63.8 Å². The van der Waals surface area contributed by atoms with E-state index in [-0.39, 0.29) is 20.6 Å². The van der Waals surface area contributed by atoms with E-state index in [4.69, 9.17) is 27.3 Å². The van der Waals surface area contributed by atoms with Crippen molar-refractivity contribution in [3.8, 4) is 57.5 Å². The Morgan fingerprint density at radius 3 is 0.971 bits per heavy atom. The molecule has 1 aliphatic rings. The van der Waals surface area contributed by atoms with E-state index in [1.807, 2.05) is 0 Å². The fourth-order valence-electron chi connectivity index (χ4n) is 7.08. The minimum absolute atomic E-state index is 0.262. The van der Waals surface area contributed by atoms with Crippen LogP contribution in [0.5, 0.6) is 57.5 Å². The monoisotopic (exact) mass is 960 g/mol. The molecule has 0 saturated heterocycles. The van der Waals surface area contributed by atoms with Gasteiger partial charge in [0.25, 0.3) is 0 Å². The second-order valence-corrected chi connectivity index (χ2v) is 17.4. The van der Waals surface area contributed by atoms with Crippen LogP contribution >= 0.6 is 0 Å². The minimum Gasteiger partial charge on any atom is -0.450 e. The molecule has 24 heteroatoms. The Labute approximate surface area is 380 Å². The number of ether oxygens (including phenoxy) is 4. The number of hydrogen-bond donors (Lipinski definition) is 0. The van der Waals surface area contributed by atoms with Gasteiger partial charge in [0.2, 0.25) is 23.0 Å². The Morgan fingerprint density at radius 2 is 0.662 bits per heavy atom. The highest BCUT2D eigenvalue weighted by molar-refractivity contribution is 7.87. The van der Waals surface area contributed by atoms with Crippen LogP contribution in [0.25, 0.3) is 21.5 Å². The zero-order valence-electron chi connectivity index (χ0n) is 33.8. The molecule has 340 valence electrons. The van der Waals surface area contributed by atoms with Gasteiger partial charge in [0.15, 0.2) is 0 Å². The molecule has 0 atom stereocenters. The van der Waals surface area contributed by atoms with Crippen LogP contribution in [-0.2, 0) is 20.2 Å². The molecule has 0 radical (unpaired) electrons. The van der Waals surface area contributed by atoms with Crippen LogP contribution in [-0.4, -0.2) is 36.5 Å². The molecule has 0 fully saturated rings. The quantitative estimate of drug-likeness (QED) is 0.0698. The first-order valence-corrected chi connectivity index (χ1v) is 22.0. The maximum atomic E-state index is 13.9. The molecule has 1 aliphatic heterocycles. The van der Waals surface area contributed by atoms with Crippen LogP contribution < -0.4 is 27.3 Å². The molecule has 1 heterocycles. The maximum Gasteiger partial charge on any atom is 0.339 e. The van der Waals surface area contributed by atoms with Crippen LogP contribution in [0.2, 0.25) is 0 Å². The Bertz CT molecular complexity index is 3350. The summed E-state index contributed by atoms with van der Waals surface area (Å²) in [6.45, 7) is 0. The van der Waals surface area contributed by atoms with Gasteiger partial charge in [0.05, 0.1) is 19.7 Å². The van der Waals surface area contributed by atoms with Crippen molar-refractivity contribution in [3.63, 3.8) is 0 Å². The van der Waals surface area contributed by atoms with Gasteiger partial charge >= 0.3 is 43.0 Å². The first-order chi connectivity index (χ1) is 32.4. The van der Waals surface area contributed by atoms with Gasteiger partial charge in [-0.25, -0.2) is 0 Å².